The fraction of sp³-hybridized carbons (Fsp3) is 0.538. The first kappa shape index (κ1) is 14.1. The van der Waals surface area contributed by atoms with E-state index in [9.17, 15) is 13.9 Å². The molecular weight excluding hydrogens is 224 g/mol. The number of aliphatic hydroxyl groups excluding tert-OH is 1. The average Bonchev–Trinajstić information content (AvgIpc) is 2.30. The van der Waals surface area contributed by atoms with E-state index < -0.39 is 11.6 Å². The number of halogens is 2. The molecule has 1 aromatic carbocycles. The van der Waals surface area contributed by atoms with Crippen molar-refractivity contribution in [1.82, 2.24) is 4.90 Å². The smallest absolute Gasteiger partial charge is 0.159 e. The summed E-state index contributed by atoms with van der Waals surface area (Å²) >= 11 is 0. The number of likely N-dealkylation sites (N-methyl/N-ethyl adjacent to an activating group) is 1. The van der Waals surface area contributed by atoms with E-state index in [-0.39, 0.29) is 12.1 Å². The highest BCUT2D eigenvalue weighted by molar-refractivity contribution is 5.18. The summed E-state index contributed by atoms with van der Waals surface area (Å²) in [5.74, 6) is -1.63. The maximum Gasteiger partial charge on any atom is 0.159 e. The number of benzene rings is 1. The van der Waals surface area contributed by atoms with Crippen molar-refractivity contribution in [3.63, 3.8) is 0 Å². The lowest BCUT2D eigenvalue weighted by molar-refractivity contribution is 0.0800. The normalized spacial score (nSPS) is 12.2. The van der Waals surface area contributed by atoms with Crippen LogP contribution in [0.25, 0.3) is 0 Å². The van der Waals surface area contributed by atoms with Crippen molar-refractivity contribution in [2.24, 2.45) is 0 Å². The highest BCUT2D eigenvalue weighted by Gasteiger charge is 2.21. The Bertz CT molecular complexity index is 380. The van der Waals surface area contributed by atoms with Crippen LogP contribution in [0.5, 0.6) is 0 Å². The molecule has 96 valence electrons. The summed E-state index contributed by atoms with van der Waals surface area (Å²) in [7, 11) is 1.90. The maximum absolute atomic E-state index is 13.0. The first-order valence-corrected chi connectivity index (χ1v) is 5.63. The van der Waals surface area contributed by atoms with Crippen LogP contribution in [0.1, 0.15) is 19.4 Å². The monoisotopic (exact) mass is 243 g/mol. The molecule has 0 heterocycles. The molecule has 4 heteroatoms. The standard InChI is InChI=1S/C13H19F2NO/c1-13(2,9-17)16(3)7-6-10-4-5-11(14)12(15)8-10/h4-5,8,17H,6-7,9H2,1-3H3. The molecule has 0 saturated carbocycles. The molecule has 0 amide bonds. The van der Waals surface area contributed by atoms with Crippen LogP contribution >= 0.6 is 0 Å². The highest BCUT2D eigenvalue weighted by Crippen LogP contribution is 2.13. The Balaban J connectivity index is 2.59. The molecule has 2 nitrogen and oxygen atoms in total. The second kappa shape index (κ2) is 5.56. The minimum Gasteiger partial charge on any atom is -0.394 e. The molecular formula is C13H19F2NO. The predicted molar refractivity (Wildman–Crippen MR) is 63.9 cm³/mol. The van der Waals surface area contributed by atoms with E-state index in [0.29, 0.717) is 13.0 Å². The molecule has 0 atom stereocenters. The summed E-state index contributed by atoms with van der Waals surface area (Å²) in [6, 6.07) is 3.94. The van der Waals surface area contributed by atoms with E-state index in [4.69, 9.17) is 0 Å². The van der Waals surface area contributed by atoms with Gasteiger partial charge in [-0.25, -0.2) is 8.78 Å². The molecule has 1 N–H and O–H groups in total. The van der Waals surface area contributed by atoms with E-state index in [0.717, 1.165) is 11.6 Å². The number of hydrogen-bond acceptors (Lipinski definition) is 2. The Morgan fingerprint density at radius 2 is 1.88 bits per heavy atom. The van der Waals surface area contributed by atoms with Gasteiger partial charge in [0.15, 0.2) is 11.6 Å². The van der Waals surface area contributed by atoms with Crippen molar-refractivity contribution in [2.75, 3.05) is 20.2 Å². The average molecular weight is 243 g/mol. The van der Waals surface area contributed by atoms with Gasteiger partial charge < -0.3 is 5.11 Å². The third-order valence-corrected chi connectivity index (χ3v) is 3.14. The summed E-state index contributed by atoms with van der Waals surface area (Å²) in [5, 5.41) is 9.19. The first-order chi connectivity index (χ1) is 7.86. The van der Waals surface area contributed by atoms with Crippen LogP contribution in [0.3, 0.4) is 0 Å². The van der Waals surface area contributed by atoms with E-state index in [1.165, 1.54) is 6.07 Å². The SMILES string of the molecule is CN(CCc1ccc(F)c(F)c1)C(C)(C)CO. The molecule has 0 radical (unpaired) electrons. The molecule has 17 heavy (non-hydrogen) atoms. The fourth-order valence-electron chi connectivity index (χ4n) is 1.42. The van der Waals surface area contributed by atoms with Crippen molar-refractivity contribution < 1.29 is 13.9 Å². The predicted octanol–water partition coefficient (Wildman–Crippen LogP) is 2.21. The van der Waals surface area contributed by atoms with Crippen molar-refractivity contribution in [3.8, 4) is 0 Å². The maximum atomic E-state index is 13.0. The molecule has 0 aromatic heterocycles. The Morgan fingerprint density at radius 1 is 1.24 bits per heavy atom. The lowest BCUT2D eigenvalue weighted by Crippen LogP contribution is -2.45. The van der Waals surface area contributed by atoms with E-state index in [1.54, 1.807) is 6.07 Å². The minimum absolute atomic E-state index is 0.0568. The van der Waals surface area contributed by atoms with Gasteiger partial charge in [-0.15, -0.1) is 0 Å². The highest BCUT2D eigenvalue weighted by atomic mass is 19.2. The van der Waals surface area contributed by atoms with Gasteiger partial charge in [-0.05, 0) is 45.0 Å². The lowest BCUT2D eigenvalue weighted by atomic mass is 10.0. The van der Waals surface area contributed by atoms with Crippen LogP contribution in [0.2, 0.25) is 0 Å². The Kier molecular flexibility index (Phi) is 4.60. The number of rotatable bonds is 5. The largest absolute Gasteiger partial charge is 0.394 e. The molecule has 0 saturated heterocycles. The zero-order valence-electron chi connectivity index (χ0n) is 10.5. The van der Waals surface area contributed by atoms with Gasteiger partial charge in [0.1, 0.15) is 0 Å². The van der Waals surface area contributed by atoms with Gasteiger partial charge in [-0.2, -0.15) is 0 Å². The third kappa shape index (κ3) is 3.75. The van der Waals surface area contributed by atoms with Crippen LogP contribution < -0.4 is 0 Å². The molecule has 0 bridgehead atoms. The van der Waals surface area contributed by atoms with Crippen molar-refractivity contribution >= 4 is 0 Å². The van der Waals surface area contributed by atoms with Crippen LogP contribution in [-0.2, 0) is 6.42 Å². The van der Waals surface area contributed by atoms with Crippen molar-refractivity contribution in [3.05, 3.63) is 35.4 Å². The summed E-state index contributed by atoms with van der Waals surface area (Å²) in [4.78, 5) is 1.99. The van der Waals surface area contributed by atoms with Crippen LogP contribution in [0, 0.1) is 11.6 Å². The van der Waals surface area contributed by atoms with Gasteiger partial charge in [0, 0.05) is 12.1 Å². The Hall–Kier alpha value is -1.00. The van der Waals surface area contributed by atoms with E-state index in [1.807, 2.05) is 25.8 Å². The summed E-state index contributed by atoms with van der Waals surface area (Å²) in [6.45, 7) is 4.59. The summed E-state index contributed by atoms with van der Waals surface area (Å²) in [5.41, 5.74) is 0.447. The quantitative estimate of drug-likeness (QED) is 0.857. The number of nitrogens with zero attached hydrogens (tertiary/aromatic N) is 1. The zero-order chi connectivity index (χ0) is 13.1. The molecule has 1 aromatic rings. The minimum atomic E-state index is -0.821. The molecule has 0 fully saturated rings. The van der Waals surface area contributed by atoms with Gasteiger partial charge in [0.25, 0.3) is 0 Å². The second-order valence-corrected chi connectivity index (χ2v) is 4.89. The molecule has 0 spiro atoms. The Labute approximate surface area is 101 Å². The summed E-state index contributed by atoms with van der Waals surface area (Å²) in [6.07, 6.45) is 0.622. The molecule has 0 aliphatic carbocycles. The van der Waals surface area contributed by atoms with Gasteiger partial charge in [-0.3, -0.25) is 4.90 Å². The third-order valence-electron chi connectivity index (χ3n) is 3.14. The topological polar surface area (TPSA) is 23.5 Å². The van der Waals surface area contributed by atoms with Gasteiger partial charge in [0.05, 0.1) is 6.61 Å². The summed E-state index contributed by atoms with van der Waals surface area (Å²) < 4.78 is 25.7. The number of aliphatic hydroxyl groups is 1. The van der Waals surface area contributed by atoms with Gasteiger partial charge in [-0.1, -0.05) is 6.07 Å². The second-order valence-electron chi connectivity index (χ2n) is 4.89. The lowest BCUT2D eigenvalue weighted by Gasteiger charge is -2.33. The van der Waals surface area contributed by atoms with Crippen molar-refractivity contribution in [2.45, 2.75) is 25.8 Å². The van der Waals surface area contributed by atoms with Crippen LogP contribution in [-0.4, -0.2) is 35.7 Å². The van der Waals surface area contributed by atoms with Gasteiger partial charge in [0.2, 0.25) is 0 Å². The molecule has 0 aliphatic rings. The number of hydrogen-bond donors (Lipinski definition) is 1. The van der Waals surface area contributed by atoms with Gasteiger partial charge >= 0.3 is 0 Å². The van der Waals surface area contributed by atoms with E-state index in [2.05, 4.69) is 0 Å². The molecule has 1 rings (SSSR count). The van der Waals surface area contributed by atoms with E-state index >= 15 is 0 Å². The van der Waals surface area contributed by atoms with Crippen LogP contribution in [0.4, 0.5) is 8.78 Å². The van der Waals surface area contributed by atoms with Crippen LogP contribution in [0.15, 0.2) is 18.2 Å². The fourth-order valence-corrected chi connectivity index (χ4v) is 1.42. The zero-order valence-corrected chi connectivity index (χ0v) is 10.5. The first-order valence-electron chi connectivity index (χ1n) is 5.63. The Morgan fingerprint density at radius 3 is 2.41 bits per heavy atom. The molecule has 0 aliphatic heterocycles. The molecule has 0 unspecified atom stereocenters. The van der Waals surface area contributed by atoms with Crippen molar-refractivity contribution in [1.29, 1.82) is 0 Å².